The predicted molar refractivity (Wildman–Crippen MR) is 29.2 cm³/mol. The number of aromatic nitrogens is 3. The molecule has 0 N–H and O–H groups in total. The lowest BCUT2D eigenvalue weighted by molar-refractivity contribution is 0.527. The smallest absolute Gasteiger partial charge is 0.189 e. The summed E-state index contributed by atoms with van der Waals surface area (Å²) in [5, 5.41) is 16.4. The van der Waals surface area contributed by atoms with Gasteiger partial charge in [-0.2, -0.15) is 29.9 Å². The highest BCUT2D eigenvalue weighted by Gasteiger charge is 2.02. The molecule has 1 rings (SSSR count). The molecule has 1 aromatic heterocycles. The minimum atomic E-state index is -1.12. The molecule has 1 aromatic rings. The summed E-state index contributed by atoms with van der Waals surface area (Å²) < 4.78 is 12.2. The predicted octanol–water partition coefficient (Wildman–Crippen LogP) is -0.246. The molecule has 6 heteroatoms. The standard InChI is InChI=1S/C5FN5/c6-5-10-3(1-7)9-4(2-8)11-5. The third-order valence-corrected chi connectivity index (χ3v) is 0.808. The monoisotopic (exact) mass is 149 g/mol. The first-order chi connectivity index (χ1) is 5.26. The molecule has 5 nitrogen and oxygen atoms in total. The summed E-state index contributed by atoms with van der Waals surface area (Å²) >= 11 is 0. The Balaban J connectivity index is 3.28. The molecule has 0 aliphatic rings. The lowest BCUT2D eigenvalue weighted by Gasteiger charge is -1.87. The number of hydrogen-bond acceptors (Lipinski definition) is 5. The van der Waals surface area contributed by atoms with Gasteiger partial charge in [0.1, 0.15) is 12.1 Å². The zero-order chi connectivity index (χ0) is 8.27. The van der Waals surface area contributed by atoms with E-state index in [0.717, 1.165) is 0 Å². The van der Waals surface area contributed by atoms with E-state index < -0.39 is 17.7 Å². The molecule has 0 aromatic carbocycles. The Bertz CT molecular complexity index is 328. The van der Waals surface area contributed by atoms with Crippen LogP contribution in [0.2, 0.25) is 0 Å². The minimum absolute atomic E-state index is 0.394. The molecular formula is C5FN5. The highest BCUT2D eigenvalue weighted by Crippen LogP contribution is 1.91. The average Bonchev–Trinajstić information content (AvgIpc) is 2.03. The summed E-state index contributed by atoms with van der Waals surface area (Å²) in [7, 11) is 0. The Morgan fingerprint density at radius 3 is 1.82 bits per heavy atom. The summed E-state index contributed by atoms with van der Waals surface area (Å²) in [6, 6.07) is 2.98. The van der Waals surface area contributed by atoms with Gasteiger partial charge in [-0.05, 0) is 0 Å². The third kappa shape index (κ3) is 1.43. The second-order valence-electron chi connectivity index (χ2n) is 1.48. The van der Waals surface area contributed by atoms with Crippen LogP contribution in [0.3, 0.4) is 0 Å². The van der Waals surface area contributed by atoms with Gasteiger partial charge in [-0.1, -0.05) is 0 Å². The van der Waals surface area contributed by atoms with Crippen LogP contribution in [-0.4, -0.2) is 15.0 Å². The highest BCUT2D eigenvalue weighted by atomic mass is 19.1. The van der Waals surface area contributed by atoms with Gasteiger partial charge in [0.15, 0.2) is 0 Å². The maximum absolute atomic E-state index is 12.2. The molecule has 0 fully saturated rings. The van der Waals surface area contributed by atoms with E-state index in [4.69, 9.17) is 10.5 Å². The topological polar surface area (TPSA) is 86.2 Å². The molecule has 0 spiro atoms. The maximum atomic E-state index is 12.2. The molecule has 0 amide bonds. The SMILES string of the molecule is N#Cc1nc(F)nc(C#N)n1. The fraction of sp³-hybridized carbons (Fsp3) is 0. The quantitative estimate of drug-likeness (QED) is 0.507. The fourth-order valence-corrected chi connectivity index (χ4v) is 0.450. The van der Waals surface area contributed by atoms with Gasteiger partial charge in [-0.15, -0.1) is 0 Å². The summed E-state index contributed by atoms with van der Waals surface area (Å²) in [4.78, 5) is 9.28. The maximum Gasteiger partial charge on any atom is 0.313 e. The van der Waals surface area contributed by atoms with Crippen LogP contribution >= 0.6 is 0 Å². The highest BCUT2D eigenvalue weighted by molar-refractivity contribution is 5.15. The van der Waals surface area contributed by atoms with E-state index >= 15 is 0 Å². The lowest BCUT2D eigenvalue weighted by atomic mass is 10.6. The van der Waals surface area contributed by atoms with Crippen molar-refractivity contribution in [3.8, 4) is 12.1 Å². The molecule has 0 aliphatic heterocycles. The first-order valence-corrected chi connectivity index (χ1v) is 2.48. The van der Waals surface area contributed by atoms with E-state index in [1.807, 2.05) is 0 Å². The number of rotatable bonds is 0. The van der Waals surface area contributed by atoms with Crippen LogP contribution in [0.15, 0.2) is 0 Å². The molecule has 52 valence electrons. The van der Waals surface area contributed by atoms with Gasteiger partial charge in [0.2, 0.25) is 11.6 Å². The van der Waals surface area contributed by atoms with Crippen molar-refractivity contribution in [3.05, 3.63) is 17.7 Å². The van der Waals surface area contributed by atoms with E-state index in [1.165, 1.54) is 12.1 Å². The van der Waals surface area contributed by atoms with Gasteiger partial charge in [-0.3, -0.25) is 0 Å². The molecule has 0 aliphatic carbocycles. The van der Waals surface area contributed by atoms with Crippen molar-refractivity contribution >= 4 is 0 Å². The zero-order valence-corrected chi connectivity index (χ0v) is 5.11. The van der Waals surface area contributed by atoms with Crippen LogP contribution in [-0.2, 0) is 0 Å². The Labute approximate surface area is 60.8 Å². The van der Waals surface area contributed by atoms with Crippen molar-refractivity contribution in [2.75, 3.05) is 0 Å². The lowest BCUT2D eigenvalue weighted by Crippen LogP contribution is -2.00. The summed E-state index contributed by atoms with van der Waals surface area (Å²) in [5.41, 5.74) is 0. The largest absolute Gasteiger partial charge is 0.313 e. The van der Waals surface area contributed by atoms with Gasteiger partial charge < -0.3 is 0 Å². The third-order valence-electron chi connectivity index (χ3n) is 0.808. The van der Waals surface area contributed by atoms with Crippen LogP contribution in [0.5, 0.6) is 0 Å². The summed E-state index contributed by atoms with van der Waals surface area (Å²) in [6.07, 6.45) is -1.12. The van der Waals surface area contributed by atoms with Crippen molar-refractivity contribution in [2.45, 2.75) is 0 Å². The minimum Gasteiger partial charge on any atom is -0.189 e. The van der Waals surface area contributed by atoms with Crippen molar-refractivity contribution < 1.29 is 4.39 Å². The Kier molecular flexibility index (Phi) is 1.71. The second-order valence-corrected chi connectivity index (χ2v) is 1.48. The number of nitriles is 2. The van der Waals surface area contributed by atoms with Gasteiger partial charge in [-0.25, -0.2) is 0 Å². The number of nitrogens with zero attached hydrogens (tertiary/aromatic N) is 5. The number of hydrogen-bond donors (Lipinski definition) is 0. The van der Waals surface area contributed by atoms with Gasteiger partial charge >= 0.3 is 6.08 Å². The van der Waals surface area contributed by atoms with Crippen LogP contribution < -0.4 is 0 Å². The van der Waals surface area contributed by atoms with E-state index in [0.29, 0.717) is 0 Å². The van der Waals surface area contributed by atoms with Gasteiger partial charge in [0, 0.05) is 0 Å². The van der Waals surface area contributed by atoms with Gasteiger partial charge in [0.05, 0.1) is 0 Å². The molecule has 11 heavy (non-hydrogen) atoms. The van der Waals surface area contributed by atoms with Crippen molar-refractivity contribution in [3.63, 3.8) is 0 Å². The first kappa shape index (κ1) is 7.03. The van der Waals surface area contributed by atoms with Crippen LogP contribution in [0.25, 0.3) is 0 Å². The Morgan fingerprint density at radius 2 is 1.45 bits per heavy atom. The van der Waals surface area contributed by atoms with E-state index in [-0.39, 0.29) is 0 Å². The summed E-state index contributed by atoms with van der Waals surface area (Å²) in [6.45, 7) is 0. The molecule has 0 bridgehead atoms. The fourth-order valence-electron chi connectivity index (χ4n) is 0.450. The molecular weight excluding hydrogens is 149 g/mol. The van der Waals surface area contributed by atoms with Crippen LogP contribution in [0.4, 0.5) is 4.39 Å². The van der Waals surface area contributed by atoms with Crippen LogP contribution in [0.1, 0.15) is 11.6 Å². The molecule has 1 heterocycles. The normalized spacial score (nSPS) is 8.27. The molecule has 0 saturated heterocycles. The van der Waals surface area contributed by atoms with Crippen LogP contribution in [0, 0.1) is 28.7 Å². The Hall–Kier alpha value is -2.08. The molecule has 0 radical (unpaired) electrons. The number of halogens is 1. The molecule has 0 saturated carbocycles. The zero-order valence-electron chi connectivity index (χ0n) is 5.11. The summed E-state index contributed by atoms with van der Waals surface area (Å²) in [5.74, 6) is -0.789. The van der Waals surface area contributed by atoms with Crippen molar-refractivity contribution in [1.82, 2.24) is 15.0 Å². The average molecular weight is 149 g/mol. The van der Waals surface area contributed by atoms with E-state index in [2.05, 4.69) is 15.0 Å². The second kappa shape index (κ2) is 2.67. The molecule has 0 unspecified atom stereocenters. The molecule has 0 atom stereocenters. The first-order valence-electron chi connectivity index (χ1n) is 2.48. The van der Waals surface area contributed by atoms with Crippen molar-refractivity contribution in [2.24, 2.45) is 0 Å². The van der Waals surface area contributed by atoms with E-state index in [9.17, 15) is 4.39 Å². The van der Waals surface area contributed by atoms with E-state index in [1.54, 1.807) is 0 Å². The Morgan fingerprint density at radius 1 is 1.00 bits per heavy atom. The van der Waals surface area contributed by atoms with Gasteiger partial charge in [0.25, 0.3) is 0 Å². The van der Waals surface area contributed by atoms with Crippen molar-refractivity contribution in [1.29, 1.82) is 10.5 Å².